The minimum atomic E-state index is -0.490. The van der Waals surface area contributed by atoms with E-state index in [9.17, 15) is 19.7 Å². The van der Waals surface area contributed by atoms with E-state index in [0.29, 0.717) is 17.1 Å². The molecule has 36 heavy (non-hydrogen) atoms. The molecular formula is C26H29N5O5. The maximum absolute atomic E-state index is 12.8. The Morgan fingerprint density at radius 3 is 2.33 bits per heavy atom. The number of carbonyl (C=O) groups excluding carboxylic acids is 2. The van der Waals surface area contributed by atoms with Gasteiger partial charge in [0.25, 0.3) is 5.69 Å². The summed E-state index contributed by atoms with van der Waals surface area (Å²) in [5.74, 6) is 0.416. The van der Waals surface area contributed by atoms with Crippen molar-refractivity contribution in [3.05, 3.63) is 82.0 Å². The van der Waals surface area contributed by atoms with Crippen LogP contribution in [0.25, 0.3) is 11.8 Å². The Hall–Kier alpha value is -4.47. The number of methoxy groups -OCH3 is 1. The summed E-state index contributed by atoms with van der Waals surface area (Å²) in [6, 6.07) is 14.9. The summed E-state index contributed by atoms with van der Waals surface area (Å²) < 4.78 is 6.87. The number of amides is 2. The molecule has 0 saturated carbocycles. The number of nitrogens with one attached hydrogen (secondary N) is 1. The van der Waals surface area contributed by atoms with E-state index in [1.807, 2.05) is 51.1 Å². The molecule has 0 unspecified atom stereocenters. The quantitative estimate of drug-likeness (QED) is 0.287. The van der Waals surface area contributed by atoms with Crippen LogP contribution in [0.1, 0.15) is 32.0 Å². The lowest BCUT2D eigenvalue weighted by Crippen LogP contribution is -2.34. The average Bonchev–Trinajstić information content (AvgIpc) is 3.26. The molecule has 0 bridgehead atoms. The van der Waals surface area contributed by atoms with Crippen LogP contribution >= 0.6 is 0 Å². The molecule has 0 atom stereocenters. The Bertz CT molecular complexity index is 1270. The summed E-state index contributed by atoms with van der Waals surface area (Å²) >= 11 is 0. The van der Waals surface area contributed by atoms with Crippen molar-refractivity contribution in [2.75, 3.05) is 26.0 Å². The highest BCUT2D eigenvalue weighted by Gasteiger charge is 2.22. The van der Waals surface area contributed by atoms with Gasteiger partial charge in [0.1, 0.15) is 11.6 Å². The lowest BCUT2D eigenvalue weighted by molar-refractivity contribution is -0.384. The standard InChI is InChI=1S/C26H29N5O5/c1-26(2,3)22-16-23(30(28-22)19-11-13-21(36-5)14-12-19)27-24(32)17-29(4)25(33)15-8-18-6-9-20(10-7-18)31(34)35/h6-16H,17H2,1-5H3,(H,27,32). The van der Waals surface area contributed by atoms with Crippen LogP contribution in [-0.2, 0) is 15.0 Å². The number of benzene rings is 2. The number of aromatic nitrogens is 2. The molecule has 0 saturated heterocycles. The number of nitro groups is 1. The third-order valence-corrected chi connectivity index (χ3v) is 5.34. The monoisotopic (exact) mass is 491 g/mol. The van der Waals surface area contributed by atoms with Gasteiger partial charge in [0.2, 0.25) is 11.8 Å². The predicted molar refractivity (Wildman–Crippen MR) is 137 cm³/mol. The van der Waals surface area contributed by atoms with Gasteiger partial charge in [-0.05, 0) is 48.0 Å². The number of anilines is 1. The van der Waals surface area contributed by atoms with Crippen LogP contribution in [0.2, 0.25) is 0 Å². The van der Waals surface area contributed by atoms with Crippen molar-refractivity contribution >= 4 is 29.4 Å². The SMILES string of the molecule is COc1ccc(-n2nc(C(C)(C)C)cc2NC(=O)CN(C)C(=O)C=Cc2ccc([N+](=O)[O-])cc2)cc1. The average molecular weight is 492 g/mol. The highest BCUT2D eigenvalue weighted by Crippen LogP contribution is 2.27. The molecule has 1 heterocycles. The number of nitrogens with zero attached hydrogens (tertiary/aromatic N) is 4. The molecule has 188 valence electrons. The van der Waals surface area contributed by atoms with Crippen molar-refractivity contribution in [1.29, 1.82) is 0 Å². The van der Waals surface area contributed by atoms with Crippen molar-refractivity contribution in [2.45, 2.75) is 26.2 Å². The molecule has 0 spiro atoms. The van der Waals surface area contributed by atoms with Gasteiger partial charge in [0, 0.05) is 36.7 Å². The van der Waals surface area contributed by atoms with Gasteiger partial charge in [-0.1, -0.05) is 20.8 Å². The molecule has 3 aromatic rings. The van der Waals surface area contributed by atoms with E-state index in [2.05, 4.69) is 10.4 Å². The highest BCUT2D eigenvalue weighted by molar-refractivity contribution is 5.97. The van der Waals surface area contributed by atoms with Gasteiger partial charge < -0.3 is 15.0 Å². The Balaban J connectivity index is 1.70. The second kappa shape index (κ2) is 10.9. The van der Waals surface area contributed by atoms with Crippen LogP contribution in [0.5, 0.6) is 5.75 Å². The summed E-state index contributed by atoms with van der Waals surface area (Å²) in [5, 5.41) is 18.3. The van der Waals surface area contributed by atoms with Gasteiger partial charge in [-0.25, -0.2) is 4.68 Å². The van der Waals surface area contributed by atoms with Crippen molar-refractivity contribution < 1.29 is 19.2 Å². The molecule has 0 aliphatic heterocycles. The van der Waals surface area contributed by atoms with Crippen LogP contribution < -0.4 is 10.1 Å². The molecule has 0 aliphatic carbocycles. The first-order valence-electron chi connectivity index (χ1n) is 11.2. The van der Waals surface area contributed by atoms with E-state index in [1.54, 1.807) is 23.9 Å². The summed E-state index contributed by atoms with van der Waals surface area (Å²) in [6.07, 6.45) is 2.85. The zero-order valence-electron chi connectivity index (χ0n) is 20.9. The number of hydrogen-bond donors (Lipinski definition) is 1. The van der Waals surface area contributed by atoms with Crippen LogP contribution in [0.3, 0.4) is 0 Å². The first-order chi connectivity index (χ1) is 17.0. The van der Waals surface area contributed by atoms with Crippen LogP contribution in [-0.4, -0.2) is 52.1 Å². The molecule has 0 radical (unpaired) electrons. The summed E-state index contributed by atoms with van der Waals surface area (Å²) in [7, 11) is 3.11. The summed E-state index contributed by atoms with van der Waals surface area (Å²) in [6.45, 7) is 5.91. The van der Waals surface area contributed by atoms with Crippen molar-refractivity contribution in [1.82, 2.24) is 14.7 Å². The third kappa shape index (κ3) is 6.56. The first-order valence-corrected chi connectivity index (χ1v) is 11.2. The molecule has 10 nitrogen and oxygen atoms in total. The fourth-order valence-electron chi connectivity index (χ4n) is 3.23. The molecule has 3 rings (SSSR count). The number of non-ortho nitro benzene ring substituents is 1. The normalized spacial score (nSPS) is 11.4. The van der Waals surface area contributed by atoms with E-state index < -0.39 is 4.92 Å². The van der Waals surface area contributed by atoms with Crippen molar-refractivity contribution in [3.8, 4) is 11.4 Å². The van der Waals surface area contributed by atoms with E-state index in [1.165, 1.54) is 36.2 Å². The third-order valence-electron chi connectivity index (χ3n) is 5.34. The highest BCUT2D eigenvalue weighted by atomic mass is 16.6. The zero-order valence-corrected chi connectivity index (χ0v) is 20.9. The Kier molecular flexibility index (Phi) is 7.88. The van der Waals surface area contributed by atoms with Crippen molar-refractivity contribution in [3.63, 3.8) is 0 Å². The van der Waals surface area contributed by atoms with Crippen LogP contribution in [0.15, 0.2) is 60.7 Å². The number of nitro benzene ring substituents is 1. The molecule has 1 N–H and O–H groups in total. The number of rotatable bonds is 8. The van der Waals surface area contributed by atoms with Crippen LogP contribution in [0, 0.1) is 10.1 Å². The number of likely N-dealkylation sites (N-methyl/N-ethyl adjacent to an activating group) is 1. The van der Waals surface area contributed by atoms with Crippen molar-refractivity contribution in [2.24, 2.45) is 0 Å². The number of carbonyl (C=O) groups is 2. The molecule has 10 heteroatoms. The van der Waals surface area contributed by atoms with Gasteiger partial charge in [-0.15, -0.1) is 0 Å². The fraction of sp³-hybridized carbons (Fsp3) is 0.269. The summed E-state index contributed by atoms with van der Waals surface area (Å²) in [4.78, 5) is 36.8. The maximum Gasteiger partial charge on any atom is 0.269 e. The number of hydrogen-bond acceptors (Lipinski definition) is 6. The molecule has 2 aromatic carbocycles. The van der Waals surface area contributed by atoms with E-state index in [0.717, 1.165) is 11.4 Å². The predicted octanol–water partition coefficient (Wildman–Crippen LogP) is 4.20. The molecule has 2 amide bonds. The van der Waals surface area contributed by atoms with E-state index >= 15 is 0 Å². The minimum absolute atomic E-state index is 0.0317. The molecular weight excluding hydrogens is 462 g/mol. The smallest absolute Gasteiger partial charge is 0.269 e. The second-order valence-electron chi connectivity index (χ2n) is 9.20. The lowest BCUT2D eigenvalue weighted by Gasteiger charge is -2.15. The van der Waals surface area contributed by atoms with Gasteiger partial charge in [0.05, 0.1) is 30.0 Å². The Morgan fingerprint density at radius 1 is 1.14 bits per heavy atom. The largest absolute Gasteiger partial charge is 0.497 e. The van der Waals surface area contributed by atoms with E-state index in [-0.39, 0.29) is 29.5 Å². The number of ether oxygens (including phenoxy) is 1. The van der Waals surface area contributed by atoms with Crippen LogP contribution in [0.4, 0.5) is 11.5 Å². The van der Waals surface area contributed by atoms with E-state index in [4.69, 9.17) is 4.74 Å². The molecule has 0 fully saturated rings. The second-order valence-corrected chi connectivity index (χ2v) is 9.20. The Morgan fingerprint density at radius 2 is 1.78 bits per heavy atom. The van der Waals surface area contributed by atoms with Gasteiger partial charge in [-0.2, -0.15) is 5.10 Å². The zero-order chi connectivity index (χ0) is 26.5. The topological polar surface area (TPSA) is 120 Å². The maximum atomic E-state index is 12.8. The van der Waals surface area contributed by atoms with Gasteiger partial charge >= 0.3 is 0 Å². The Labute approximate surface area is 209 Å². The van der Waals surface area contributed by atoms with Gasteiger partial charge in [-0.3, -0.25) is 19.7 Å². The van der Waals surface area contributed by atoms with Gasteiger partial charge in [0.15, 0.2) is 0 Å². The lowest BCUT2D eigenvalue weighted by atomic mass is 9.92. The molecule has 1 aromatic heterocycles. The first kappa shape index (κ1) is 26.1. The molecule has 0 aliphatic rings. The summed E-state index contributed by atoms with van der Waals surface area (Å²) in [5.41, 5.74) is 1.90. The fourth-order valence-corrected chi connectivity index (χ4v) is 3.23. The minimum Gasteiger partial charge on any atom is -0.497 e.